The zero-order valence-electron chi connectivity index (χ0n) is 16.8. The molecule has 2 N–H and O–H groups in total. The Balaban J connectivity index is 2.35. The van der Waals surface area contributed by atoms with E-state index < -0.39 is 25.2 Å². The monoisotopic (exact) mass is 403 g/mol. The van der Waals surface area contributed by atoms with Crippen LogP contribution in [0.15, 0.2) is 60.7 Å². The second-order valence-electron chi connectivity index (χ2n) is 8.04. The van der Waals surface area contributed by atoms with Crippen molar-refractivity contribution in [1.29, 1.82) is 0 Å². The highest BCUT2D eigenvalue weighted by Crippen LogP contribution is 2.24. The standard InChI is InChI=1S/C20H33NO2Si3/c1-24(2,18-12-17-21)22-26(5,20-15-10-7-11-16-20)23-25(3,4)19-13-8-6-9-14-19/h6-11,13-16H,12,17-18,21H2,1-5H3. The van der Waals surface area contributed by atoms with Gasteiger partial charge in [0.05, 0.1) is 0 Å². The molecule has 0 spiro atoms. The van der Waals surface area contributed by atoms with Crippen molar-refractivity contribution < 1.29 is 8.23 Å². The van der Waals surface area contributed by atoms with Gasteiger partial charge < -0.3 is 14.0 Å². The molecule has 2 aromatic rings. The highest BCUT2D eigenvalue weighted by molar-refractivity contribution is 6.98. The predicted molar refractivity (Wildman–Crippen MR) is 119 cm³/mol. The molecule has 2 rings (SSSR count). The van der Waals surface area contributed by atoms with Gasteiger partial charge in [0.1, 0.15) is 0 Å². The van der Waals surface area contributed by atoms with Gasteiger partial charge in [-0.05, 0) is 62.1 Å². The first-order valence-corrected chi connectivity index (χ1v) is 17.7. The Morgan fingerprint density at radius 2 is 1.23 bits per heavy atom. The molecule has 0 aromatic heterocycles. The maximum absolute atomic E-state index is 6.97. The molecule has 6 heteroatoms. The van der Waals surface area contributed by atoms with E-state index in [4.69, 9.17) is 14.0 Å². The van der Waals surface area contributed by atoms with Crippen LogP contribution in [-0.4, -0.2) is 31.7 Å². The topological polar surface area (TPSA) is 44.5 Å². The van der Waals surface area contributed by atoms with E-state index in [0.29, 0.717) is 6.54 Å². The molecule has 142 valence electrons. The van der Waals surface area contributed by atoms with E-state index in [-0.39, 0.29) is 0 Å². The van der Waals surface area contributed by atoms with Crippen molar-refractivity contribution in [2.45, 2.75) is 45.2 Å². The maximum atomic E-state index is 6.97. The van der Waals surface area contributed by atoms with Crippen molar-refractivity contribution in [2.24, 2.45) is 5.73 Å². The van der Waals surface area contributed by atoms with Crippen LogP contribution in [0.25, 0.3) is 0 Å². The summed E-state index contributed by atoms with van der Waals surface area (Å²) in [5.74, 6) is 0. The Labute approximate surface area is 162 Å². The molecule has 3 nitrogen and oxygen atoms in total. The highest BCUT2D eigenvalue weighted by Gasteiger charge is 2.45. The largest absolute Gasteiger partial charge is 0.433 e. The molecule has 1 atom stereocenters. The van der Waals surface area contributed by atoms with Gasteiger partial charge in [0.15, 0.2) is 8.32 Å². The Morgan fingerprint density at radius 3 is 1.73 bits per heavy atom. The first-order valence-electron chi connectivity index (χ1n) is 9.40. The summed E-state index contributed by atoms with van der Waals surface area (Å²) in [6.45, 7) is 12.1. The predicted octanol–water partition coefficient (Wildman–Crippen LogP) is 3.67. The van der Waals surface area contributed by atoms with E-state index in [0.717, 1.165) is 12.5 Å². The first-order chi connectivity index (χ1) is 12.2. The molecule has 2 aromatic carbocycles. The lowest BCUT2D eigenvalue weighted by atomic mass is 10.4. The molecule has 1 unspecified atom stereocenters. The second-order valence-corrected chi connectivity index (χ2v) is 19.8. The number of rotatable bonds is 9. The molecule has 0 saturated heterocycles. The summed E-state index contributed by atoms with van der Waals surface area (Å²) < 4.78 is 13.9. The number of hydrogen-bond acceptors (Lipinski definition) is 3. The zero-order valence-corrected chi connectivity index (χ0v) is 19.8. The Morgan fingerprint density at radius 1 is 0.731 bits per heavy atom. The van der Waals surface area contributed by atoms with E-state index in [2.05, 4.69) is 93.4 Å². The lowest BCUT2D eigenvalue weighted by Gasteiger charge is -2.41. The van der Waals surface area contributed by atoms with Crippen molar-refractivity contribution in [1.82, 2.24) is 0 Å². The average molecular weight is 404 g/mol. The fourth-order valence-corrected chi connectivity index (χ4v) is 16.7. The minimum absolute atomic E-state index is 0.717. The van der Waals surface area contributed by atoms with E-state index in [1.165, 1.54) is 10.4 Å². The van der Waals surface area contributed by atoms with Crippen LogP contribution >= 0.6 is 0 Å². The summed E-state index contributed by atoms with van der Waals surface area (Å²) in [4.78, 5) is 0. The minimum atomic E-state index is -2.55. The quantitative estimate of drug-likeness (QED) is 0.650. The summed E-state index contributed by atoms with van der Waals surface area (Å²) in [6.07, 6.45) is 1.01. The molecular weight excluding hydrogens is 370 g/mol. The van der Waals surface area contributed by atoms with Gasteiger partial charge in [-0.2, -0.15) is 0 Å². The van der Waals surface area contributed by atoms with E-state index in [1.807, 2.05) is 0 Å². The van der Waals surface area contributed by atoms with Crippen molar-refractivity contribution in [2.75, 3.05) is 6.54 Å². The van der Waals surface area contributed by atoms with Gasteiger partial charge in [0.2, 0.25) is 8.32 Å². The molecule has 0 aliphatic rings. The third-order valence-electron chi connectivity index (χ3n) is 4.67. The lowest BCUT2D eigenvalue weighted by Crippen LogP contribution is -2.64. The molecule has 0 aliphatic carbocycles. The molecular formula is C20H33NO2Si3. The summed E-state index contributed by atoms with van der Waals surface area (Å²) in [5.41, 5.74) is 5.74. The van der Waals surface area contributed by atoms with Gasteiger partial charge >= 0.3 is 8.56 Å². The Hall–Kier alpha value is -1.03. The lowest BCUT2D eigenvalue weighted by molar-refractivity contribution is 0.403. The fourth-order valence-electron chi connectivity index (χ4n) is 3.37. The van der Waals surface area contributed by atoms with Crippen LogP contribution in [0, 0.1) is 0 Å². The van der Waals surface area contributed by atoms with Gasteiger partial charge in [-0.3, -0.25) is 0 Å². The van der Waals surface area contributed by atoms with Gasteiger partial charge in [0.25, 0.3) is 0 Å². The minimum Gasteiger partial charge on any atom is -0.433 e. The van der Waals surface area contributed by atoms with Crippen molar-refractivity contribution in [3.63, 3.8) is 0 Å². The van der Waals surface area contributed by atoms with Crippen LogP contribution in [0.3, 0.4) is 0 Å². The third kappa shape index (κ3) is 5.73. The van der Waals surface area contributed by atoms with Gasteiger partial charge in [-0.25, -0.2) is 0 Å². The smallest absolute Gasteiger partial charge is 0.348 e. The van der Waals surface area contributed by atoms with Crippen molar-refractivity contribution >= 4 is 35.6 Å². The molecule has 0 bridgehead atoms. The molecule has 0 aliphatic heterocycles. The van der Waals surface area contributed by atoms with Crippen LogP contribution in [0.1, 0.15) is 6.42 Å². The van der Waals surface area contributed by atoms with Crippen LogP contribution < -0.4 is 16.1 Å². The molecule has 0 amide bonds. The third-order valence-corrected chi connectivity index (χ3v) is 16.7. The van der Waals surface area contributed by atoms with E-state index in [1.54, 1.807) is 0 Å². The Bertz CT molecular complexity index is 680. The van der Waals surface area contributed by atoms with Crippen LogP contribution in [-0.2, 0) is 8.23 Å². The first kappa shape index (κ1) is 21.3. The van der Waals surface area contributed by atoms with Crippen LogP contribution in [0.4, 0.5) is 0 Å². The SMILES string of the molecule is C[Si](C)(CCCN)O[Si](C)(O[Si](C)(C)c1ccccc1)c1ccccc1. The molecule has 26 heavy (non-hydrogen) atoms. The summed E-state index contributed by atoms with van der Waals surface area (Å²) in [6, 6.07) is 22.2. The summed E-state index contributed by atoms with van der Waals surface area (Å²) in [5, 5.41) is 2.52. The second kappa shape index (κ2) is 8.77. The number of nitrogens with two attached hydrogens (primary N) is 1. The Kier molecular flexibility index (Phi) is 7.18. The average Bonchev–Trinajstić information content (AvgIpc) is 2.60. The summed E-state index contributed by atoms with van der Waals surface area (Å²) in [7, 11) is -6.51. The van der Waals surface area contributed by atoms with Crippen molar-refractivity contribution in [3.05, 3.63) is 60.7 Å². The highest BCUT2D eigenvalue weighted by atomic mass is 28.5. The van der Waals surface area contributed by atoms with Gasteiger partial charge in [0, 0.05) is 0 Å². The van der Waals surface area contributed by atoms with Gasteiger partial charge in [-0.1, -0.05) is 60.7 Å². The van der Waals surface area contributed by atoms with Crippen LogP contribution in [0.2, 0.25) is 38.8 Å². The number of benzene rings is 2. The molecule has 0 saturated carbocycles. The molecule has 0 radical (unpaired) electrons. The molecule has 0 fully saturated rings. The normalized spacial score (nSPS) is 14.8. The van der Waals surface area contributed by atoms with Gasteiger partial charge in [-0.15, -0.1) is 0 Å². The zero-order chi connectivity index (χ0) is 19.3. The van der Waals surface area contributed by atoms with Crippen molar-refractivity contribution in [3.8, 4) is 0 Å². The van der Waals surface area contributed by atoms with E-state index >= 15 is 0 Å². The van der Waals surface area contributed by atoms with E-state index in [9.17, 15) is 0 Å². The fraction of sp³-hybridized carbons (Fsp3) is 0.400. The molecule has 0 heterocycles. The van der Waals surface area contributed by atoms with Crippen LogP contribution in [0.5, 0.6) is 0 Å². The summed E-state index contributed by atoms with van der Waals surface area (Å²) >= 11 is 0. The maximum Gasteiger partial charge on any atom is 0.348 e. The number of hydrogen-bond donors (Lipinski definition) is 1.